The molecule has 2 N–H and O–H groups in total. The first-order valence-corrected chi connectivity index (χ1v) is 12.3. The molecule has 1 fully saturated rings. The van der Waals surface area contributed by atoms with Gasteiger partial charge in [0.2, 0.25) is 5.91 Å². The van der Waals surface area contributed by atoms with Crippen molar-refractivity contribution in [3.8, 4) is 0 Å². The fraction of sp³-hybridized carbons (Fsp3) is 0.577. The van der Waals surface area contributed by atoms with Crippen molar-refractivity contribution in [1.29, 1.82) is 0 Å². The van der Waals surface area contributed by atoms with Crippen LogP contribution < -0.4 is 21.1 Å². The van der Waals surface area contributed by atoms with E-state index in [2.05, 4.69) is 50.4 Å². The lowest BCUT2D eigenvalue weighted by atomic mass is 9.58. The van der Waals surface area contributed by atoms with Crippen LogP contribution in [-0.2, 0) is 17.9 Å². The molecule has 1 amide bonds. The average molecular weight is 488 g/mol. The van der Waals surface area contributed by atoms with E-state index in [0.717, 1.165) is 22.4 Å². The number of nitrogens with one attached hydrogen (secondary N) is 2. The Balaban J connectivity index is 1.63. The summed E-state index contributed by atoms with van der Waals surface area (Å²) in [6.45, 7) is 11.7. The number of carbonyl (C=O) groups is 1. The number of hydrogen-bond acceptors (Lipinski definition) is 5. The molecule has 0 spiro atoms. The molecule has 1 aliphatic rings. The number of amides is 1. The van der Waals surface area contributed by atoms with Crippen molar-refractivity contribution < 1.29 is 4.79 Å². The molecule has 186 valence electrons. The summed E-state index contributed by atoms with van der Waals surface area (Å²) in [5, 5.41) is 10.6. The van der Waals surface area contributed by atoms with Crippen molar-refractivity contribution in [3.63, 3.8) is 0 Å². The van der Waals surface area contributed by atoms with Crippen molar-refractivity contribution in [2.24, 2.45) is 23.2 Å². The number of hydrogen-bond donors (Lipinski definition) is 2. The van der Waals surface area contributed by atoms with Gasteiger partial charge in [-0.15, -0.1) is 0 Å². The molecule has 1 aliphatic carbocycles. The zero-order chi connectivity index (χ0) is 25.2. The van der Waals surface area contributed by atoms with Gasteiger partial charge in [0.05, 0.1) is 11.9 Å². The molecule has 0 bridgehead atoms. The number of rotatable bonds is 7. The summed E-state index contributed by atoms with van der Waals surface area (Å²) in [6, 6.07) is 8.12. The van der Waals surface area contributed by atoms with E-state index in [1.165, 1.54) is 0 Å². The molecule has 0 saturated heterocycles. The highest BCUT2D eigenvalue weighted by atomic mass is 35.5. The van der Waals surface area contributed by atoms with Crippen molar-refractivity contribution in [2.45, 2.75) is 60.2 Å². The normalized spacial score (nSPS) is 23.9. The van der Waals surface area contributed by atoms with Crippen LogP contribution in [0.1, 0.15) is 46.6 Å². The van der Waals surface area contributed by atoms with Crippen LogP contribution in [-0.4, -0.2) is 35.8 Å². The SMILES string of the molecule is C[C@@H]1[C@@H](C)C(C)(C)[C@@H](C)C[C@H]1Nc1cnn(CC(=O)NCc2ccc(N(C)C)cc2)c(=O)c1Cl. The van der Waals surface area contributed by atoms with Gasteiger partial charge in [-0.25, -0.2) is 4.68 Å². The van der Waals surface area contributed by atoms with Gasteiger partial charge in [-0.3, -0.25) is 9.59 Å². The molecule has 8 heteroatoms. The van der Waals surface area contributed by atoms with Gasteiger partial charge >= 0.3 is 0 Å². The van der Waals surface area contributed by atoms with Gasteiger partial charge in [0.1, 0.15) is 11.6 Å². The summed E-state index contributed by atoms with van der Waals surface area (Å²) in [6.07, 6.45) is 2.55. The third-order valence-electron chi connectivity index (χ3n) is 8.04. The predicted molar refractivity (Wildman–Crippen MR) is 139 cm³/mol. The van der Waals surface area contributed by atoms with Crippen LogP contribution in [0.25, 0.3) is 0 Å². The van der Waals surface area contributed by atoms with Crippen LogP contribution in [0.3, 0.4) is 0 Å². The van der Waals surface area contributed by atoms with Crippen LogP contribution in [0.2, 0.25) is 5.02 Å². The second-order valence-corrected chi connectivity index (χ2v) is 10.9. The van der Waals surface area contributed by atoms with E-state index in [0.29, 0.717) is 30.0 Å². The fourth-order valence-electron chi connectivity index (χ4n) is 4.75. The van der Waals surface area contributed by atoms with Crippen LogP contribution in [0, 0.1) is 23.2 Å². The molecule has 34 heavy (non-hydrogen) atoms. The van der Waals surface area contributed by atoms with E-state index in [1.54, 1.807) is 6.20 Å². The van der Waals surface area contributed by atoms with Gasteiger partial charge in [-0.1, -0.05) is 58.4 Å². The monoisotopic (exact) mass is 487 g/mol. The zero-order valence-electron chi connectivity index (χ0n) is 21.4. The standard InChI is InChI=1S/C26H38ClN5O2/c1-16-12-21(17(2)18(3)26(16,4)5)30-22-14-29-32(25(34)24(22)27)15-23(33)28-13-19-8-10-20(11-9-19)31(6)7/h8-11,14,16-18,21,30H,12-13,15H2,1-7H3,(H,28,33)/t16-,17+,18+,21+/m0/s1. The lowest BCUT2D eigenvalue weighted by Gasteiger charge is -2.50. The van der Waals surface area contributed by atoms with Crippen LogP contribution in [0.4, 0.5) is 11.4 Å². The second-order valence-electron chi connectivity index (χ2n) is 10.5. The molecule has 1 aromatic heterocycles. The molecule has 0 unspecified atom stereocenters. The van der Waals surface area contributed by atoms with Crippen molar-refractivity contribution in [2.75, 3.05) is 24.3 Å². The predicted octanol–water partition coefficient (Wildman–Crippen LogP) is 4.40. The second kappa shape index (κ2) is 10.4. The first-order chi connectivity index (χ1) is 15.9. The minimum atomic E-state index is -0.470. The molecule has 0 aliphatic heterocycles. The first kappa shape index (κ1) is 26.1. The smallest absolute Gasteiger partial charge is 0.288 e. The summed E-state index contributed by atoms with van der Waals surface area (Å²) >= 11 is 6.42. The minimum absolute atomic E-state index is 0.0689. The summed E-state index contributed by atoms with van der Waals surface area (Å²) in [4.78, 5) is 27.2. The molecule has 1 aromatic carbocycles. The summed E-state index contributed by atoms with van der Waals surface area (Å²) in [5.74, 6) is 1.17. The van der Waals surface area contributed by atoms with Gasteiger partial charge in [0.25, 0.3) is 5.56 Å². The van der Waals surface area contributed by atoms with Gasteiger partial charge < -0.3 is 15.5 Å². The van der Waals surface area contributed by atoms with E-state index in [-0.39, 0.29) is 28.9 Å². The van der Waals surface area contributed by atoms with E-state index >= 15 is 0 Å². The Bertz CT molecular complexity index is 1060. The van der Waals surface area contributed by atoms with Crippen LogP contribution in [0.5, 0.6) is 0 Å². The largest absolute Gasteiger partial charge is 0.379 e. The molecule has 2 aromatic rings. The third-order valence-corrected chi connectivity index (χ3v) is 8.40. The molecule has 4 atom stereocenters. The molecular weight excluding hydrogens is 450 g/mol. The highest BCUT2D eigenvalue weighted by Gasteiger charge is 2.43. The number of nitrogens with zero attached hydrogens (tertiary/aromatic N) is 3. The lowest BCUT2D eigenvalue weighted by Crippen LogP contribution is -2.48. The van der Waals surface area contributed by atoms with E-state index < -0.39 is 5.56 Å². The zero-order valence-corrected chi connectivity index (χ0v) is 22.1. The lowest BCUT2D eigenvalue weighted by molar-refractivity contribution is -0.122. The molecule has 1 heterocycles. The quantitative estimate of drug-likeness (QED) is 0.605. The van der Waals surface area contributed by atoms with E-state index in [4.69, 9.17) is 11.6 Å². The third kappa shape index (κ3) is 5.57. The van der Waals surface area contributed by atoms with Gasteiger partial charge in [-0.2, -0.15) is 5.10 Å². The maximum atomic E-state index is 12.8. The molecule has 3 rings (SSSR count). The van der Waals surface area contributed by atoms with Crippen LogP contribution >= 0.6 is 11.6 Å². The Morgan fingerprint density at radius 2 is 1.85 bits per heavy atom. The summed E-state index contributed by atoms with van der Waals surface area (Å²) < 4.78 is 1.11. The number of aromatic nitrogens is 2. The van der Waals surface area contributed by atoms with E-state index in [1.807, 2.05) is 43.3 Å². The first-order valence-electron chi connectivity index (χ1n) is 12.0. The Morgan fingerprint density at radius 1 is 1.21 bits per heavy atom. The maximum Gasteiger partial charge on any atom is 0.288 e. The average Bonchev–Trinajstić information content (AvgIpc) is 2.80. The summed E-state index contributed by atoms with van der Waals surface area (Å²) in [7, 11) is 3.95. The Morgan fingerprint density at radius 3 is 2.47 bits per heavy atom. The maximum absolute atomic E-state index is 12.8. The fourth-order valence-corrected chi connectivity index (χ4v) is 4.95. The Hall–Kier alpha value is -2.54. The number of benzene rings is 1. The molecule has 1 saturated carbocycles. The summed E-state index contributed by atoms with van der Waals surface area (Å²) in [5.41, 5.74) is 2.38. The van der Waals surface area contributed by atoms with Crippen molar-refractivity contribution in [3.05, 3.63) is 51.4 Å². The molecule has 7 nitrogen and oxygen atoms in total. The van der Waals surface area contributed by atoms with Crippen LogP contribution in [0.15, 0.2) is 35.3 Å². The highest BCUT2D eigenvalue weighted by Crippen LogP contribution is 2.48. The van der Waals surface area contributed by atoms with Gasteiger partial charge in [-0.05, 0) is 47.3 Å². The van der Waals surface area contributed by atoms with Gasteiger partial charge in [0, 0.05) is 32.4 Å². The topological polar surface area (TPSA) is 79.3 Å². The highest BCUT2D eigenvalue weighted by molar-refractivity contribution is 6.32. The van der Waals surface area contributed by atoms with Crippen molar-refractivity contribution >= 4 is 28.9 Å². The minimum Gasteiger partial charge on any atom is -0.379 e. The Labute approximate surface area is 207 Å². The van der Waals surface area contributed by atoms with Gasteiger partial charge in [0.15, 0.2) is 0 Å². The number of anilines is 2. The van der Waals surface area contributed by atoms with E-state index in [9.17, 15) is 9.59 Å². The van der Waals surface area contributed by atoms with Crippen molar-refractivity contribution in [1.82, 2.24) is 15.1 Å². The number of halogens is 1. The molecular formula is C26H38ClN5O2. The number of carbonyl (C=O) groups excluding carboxylic acids is 1. The molecule has 0 radical (unpaired) electrons. The Kier molecular flexibility index (Phi) is 7.96.